The summed E-state index contributed by atoms with van der Waals surface area (Å²) in [7, 11) is -1.58. The second-order valence-corrected chi connectivity index (χ2v) is 8.26. The zero-order chi connectivity index (χ0) is 12.6. The van der Waals surface area contributed by atoms with E-state index in [0.29, 0.717) is 6.61 Å². The SMILES string of the molecule is C[C@@H]1CC[C@@H](N(C)S(=O)(=O)C(C)(C)C)CO1. The van der Waals surface area contributed by atoms with Crippen LogP contribution in [0.2, 0.25) is 0 Å². The van der Waals surface area contributed by atoms with Gasteiger partial charge in [-0.1, -0.05) is 0 Å². The number of ether oxygens (including phenoxy) is 1. The summed E-state index contributed by atoms with van der Waals surface area (Å²) in [5, 5.41) is 0. The van der Waals surface area contributed by atoms with Crippen molar-refractivity contribution in [2.45, 2.75) is 57.4 Å². The fourth-order valence-electron chi connectivity index (χ4n) is 1.78. The van der Waals surface area contributed by atoms with Gasteiger partial charge in [0, 0.05) is 13.1 Å². The average molecular weight is 249 g/mol. The molecule has 0 radical (unpaired) electrons. The number of sulfonamides is 1. The number of rotatable bonds is 2. The molecule has 0 bridgehead atoms. The standard InChI is InChI=1S/C11H23NO3S/c1-9-6-7-10(8-15-9)12(5)16(13,14)11(2,3)4/h9-10H,6-8H2,1-5H3/t9-,10-/m1/s1. The molecule has 2 atom stereocenters. The van der Waals surface area contributed by atoms with Crippen molar-refractivity contribution < 1.29 is 13.2 Å². The Kier molecular flexibility index (Phi) is 4.03. The van der Waals surface area contributed by atoms with E-state index in [1.165, 1.54) is 4.31 Å². The van der Waals surface area contributed by atoms with E-state index in [2.05, 4.69) is 0 Å². The van der Waals surface area contributed by atoms with Crippen LogP contribution < -0.4 is 0 Å². The van der Waals surface area contributed by atoms with Crippen LogP contribution in [0.15, 0.2) is 0 Å². The minimum Gasteiger partial charge on any atom is -0.377 e. The predicted octanol–water partition coefficient (Wildman–Crippen LogP) is 1.61. The Morgan fingerprint density at radius 2 is 1.81 bits per heavy atom. The first-order valence-corrected chi connectivity index (χ1v) is 7.19. The number of hydrogen-bond acceptors (Lipinski definition) is 3. The van der Waals surface area contributed by atoms with E-state index in [-0.39, 0.29) is 12.1 Å². The molecule has 16 heavy (non-hydrogen) atoms. The van der Waals surface area contributed by atoms with Crippen LogP contribution in [0, 0.1) is 0 Å². The molecule has 0 aromatic rings. The maximum Gasteiger partial charge on any atom is 0.219 e. The molecule has 0 aliphatic carbocycles. The highest BCUT2D eigenvalue weighted by Gasteiger charge is 2.37. The topological polar surface area (TPSA) is 46.6 Å². The summed E-state index contributed by atoms with van der Waals surface area (Å²) in [6, 6.07) is -0.0135. The first-order valence-electron chi connectivity index (χ1n) is 5.75. The van der Waals surface area contributed by atoms with Gasteiger partial charge >= 0.3 is 0 Å². The van der Waals surface area contributed by atoms with Crippen molar-refractivity contribution in [3.63, 3.8) is 0 Å². The molecule has 5 heteroatoms. The van der Waals surface area contributed by atoms with Crippen molar-refractivity contribution in [2.75, 3.05) is 13.7 Å². The molecule has 1 aliphatic heterocycles. The van der Waals surface area contributed by atoms with Gasteiger partial charge in [0.1, 0.15) is 0 Å². The fraction of sp³-hybridized carbons (Fsp3) is 1.00. The molecule has 0 unspecified atom stereocenters. The molecule has 0 aromatic carbocycles. The van der Waals surface area contributed by atoms with Gasteiger partial charge in [0.2, 0.25) is 10.0 Å². The van der Waals surface area contributed by atoms with Gasteiger partial charge in [-0.2, -0.15) is 4.31 Å². The Morgan fingerprint density at radius 3 is 2.19 bits per heavy atom. The second-order valence-electron chi connectivity index (χ2n) is 5.51. The van der Waals surface area contributed by atoms with Crippen LogP contribution in [0.1, 0.15) is 40.5 Å². The van der Waals surface area contributed by atoms with E-state index in [4.69, 9.17) is 4.74 Å². The summed E-state index contributed by atoms with van der Waals surface area (Å²) in [4.78, 5) is 0. The van der Waals surface area contributed by atoms with Crippen molar-refractivity contribution in [3.05, 3.63) is 0 Å². The molecular formula is C11H23NO3S. The van der Waals surface area contributed by atoms with Crippen LogP contribution in [-0.2, 0) is 14.8 Å². The molecule has 0 aromatic heterocycles. The molecular weight excluding hydrogens is 226 g/mol. The van der Waals surface area contributed by atoms with E-state index >= 15 is 0 Å². The third-order valence-corrected chi connectivity index (χ3v) is 5.75. The highest BCUT2D eigenvalue weighted by molar-refractivity contribution is 7.90. The van der Waals surface area contributed by atoms with Crippen LogP contribution >= 0.6 is 0 Å². The Labute approximate surface area is 99.0 Å². The van der Waals surface area contributed by atoms with E-state index in [1.807, 2.05) is 6.92 Å². The van der Waals surface area contributed by atoms with E-state index < -0.39 is 14.8 Å². The lowest BCUT2D eigenvalue weighted by atomic mass is 10.1. The van der Waals surface area contributed by atoms with E-state index in [1.54, 1.807) is 27.8 Å². The lowest BCUT2D eigenvalue weighted by molar-refractivity contribution is -0.00558. The van der Waals surface area contributed by atoms with Gasteiger partial charge in [0.05, 0.1) is 17.5 Å². The molecule has 0 amide bonds. The van der Waals surface area contributed by atoms with Crippen LogP contribution in [0.25, 0.3) is 0 Å². The van der Waals surface area contributed by atoms with Crippen LogP contribution in [0.5, 0.6) is 0 Å². The normalized spacial score (nSPS) is 28.4. The van der Waals surface area contributed by atoms with Crippen molar-refractivity contribution in [1.29, 1.82) is 0 Å². The summed E-state index contributed by atoms with van der Waals surface area (Å²) in [6.07, 6.45) is 2.06. The molecule has 1 rings (SSSR count). The Balaban J connectivity index is 2.75. The van der Waals surface area contributed by atoms with Crippen molar-refractivity contribution in [2.24, 2.45) is 0 Å². The van der Waals surface area contributed by atoms with Crippen molar-refractivity contribution in [3.8, 4) is 0 Å². The van der Waals surface area contributed by atoms with Gasteiger partial charge < -0.3 is 4.74 Å². The lowest BCUT2D eigenvalue weighted by Crippen LogP contribution is -2.49. The summed E-state index contributed by atoms with van der Waals surface area (Å²) in [5.41, 5.74) is 0. The van der Waals surface area contributed by atoms with Gasteiger partial charge in [-0.25, -0.2) is 8.42 Å². The summed E-state index contributed by atoms with van der Waals surface area (Å²) < 4.78 is 30.7. The van der Waals surface area contributed by atoms with E-state index in [9.17, 15) is 8.42 Å². The summed E-state index contributed by atoms with van der Waals surface area (Å²) >= 11 is 0. The second kappa shape index (κ2) is 4.63. The number of hydrogen-bond donors (Lipinski definition) is 0. The number of likely N-dealkylation sites (N-methyl/N-ethyl adjacent to an activating group) is 1. The highest BCUT2D eigenvalue weighted by atomic mass is 32.2. The molecule has 0 N–H and O–H groups in total. The molecule has 4 nitrogen and oxygen atoms in total. The highest BCUT2D eigenvalue weighted by Crippen LogP contribution is 2.25. The van der Waals surface area contributed by atoms with E-state index in [0.717, 1.165) is 12.8 Å². The lowest BCUT2D eigenvalue weighted by Gasteiger charge is -2.36. The first-order chi connectivity index (χ1) is 7.16. The third kappa shape index (κ3) is 2.76. The Morgan fingerprint density at radius 1 is 1.25 bits per heavy atom. The largest absolute Gasteiger partial charge is 0.377 e. The molecule has 1 fully saturated rings. The molecule has 1 aliphatic rings. The van der Waals surface area contributed by atoms with Gasteiger partial charge in [0.15, 0.2) is 0 Å². The first kappa shape index (κ1) is 13.9. The molecule has 1 saturated heterocycles. The van der Waals surface area contributed by atoms with Gasteiger partial charge in [-0.05, 0) is 40.5 Å². The molecule has 1 heterocycles. The molecule has 0 spiro atoms. The van der Waals surface area contributed by atoms with Crippen LogP contribution in [0.3, 0.4) is 0 Å². The van der Waals surface area contributed by atoms with Gasteiger partial charge in [-0.3, -0.25) is 0 Å². The van der Waals surface area contributed by atoms with Crippen molar-refractivity contribution >= 4 is 10.0 Å². The third-order valence-electron chi connectivity index (χ3n) is 3.15. The zero-order valence-corrected chi connectivity index (χ0v) is 11.7. The quantitative estimate of drug-likeness (QED) is 0.747. The fourth-order valence-corrected chi connectivity index (χ4v) is 3.21. The Hall–Kier alpha value is -0.130. The predicted molar refractivity (Wildman–Crippen MR) is 64.9 cm³/mol. The molecule has 96 valence electrons. The summed E-state index contributed by atoms with van der Waals surface area (Å²) in [5.74, 6) is 0. The minimum atomic E-state index is -3.24. The monoisotopic (exact) mass is 249 g/mol. The van der Waals surface area contributed by atoms with Crippen molar-refractivity contribution in [1.82, 2.24) is 4.31 Å². The molecule has 0 saturated carbocycles. The maximum atomic E-state index is 12.2. The zero-order valence-electron chi connectivity index (χ0n) is 10.9. The smallest absolute Gasteiger partial charge is 0.219 e. The van der Waals surface area contributed by atoms with Gasteiger partial charge in [0.25, 0.3) is 0 Å². The number of nitrogens with zero attached hydrogens (tertiary/aromatic N) is 1. The van der Waals surface area contributed by atoms with Crippen LogP contribution in [0.4, 0.5) is 0 Å². The summed E-state index contributed by atoms with van der Waals surface area (Å²) in [6.45, 7) is 7.71. The van der Waals surface area contributed by atoms with Gasteiger partial charge in [-0.15, -0.1) is 0 Å². The Bertz CT molecular complexity index is 324. The average Bonchev–Trinajstić information content (AvgIpc) is 2.16. The van der Waals surface area contributed by atoms with Crippen LogP contribution in [-0.4, -0.2) is 43.3 Å². The maximum absolute atomic E-state index is 12.2. The minimum absolute atomic E-state index is 0.0135.